The standard InChI is InChI=1S/C25H12F18O6/c1-2-47-15(44)7-10(18(45)48-16-11(22(32,33)34)3-8(20(26,27)28)4-12(16)23(35,36)37)19(46)49-17-13(24(38,39)40)5-9(21(29,30)31)6-14(17)25(41,42)43/h3-6,10H,2,7H2,1H3. The Kier molecular flexibility index (Phi) is 11.2. The molecule has 0 atom stereocenters. The topological polar surface area (TPSA) is 78.9 Å². The highest BCUT2D eigenvalue weighted by molar-refractivity contribution is 6.00. The third kappa shape index (κ3) is 10.1. The minimum absolute atomic E-state index is 0.694. The van der Waals surface area contributed by atoms with E-state index in [4.69, 9.17) is 0 Å². The maximum Gasteiger partial charge on any atom is 0.420 e. The highest BCUT2D eigenvalue weighted by atomic mass is 19.4. The number of hydrogen-bond acceptors (Lipinski definition) is 6. The van der Waals surface area contributed by atoms with Gasteiger partial charge in [0.2, 0.25) is 0 Å². The van der Waals surface area contributed by atoms with Crippen molar-refractivity contribution in [3.05, 3.63) is 57.6 Å². The molecular weight excluding hydrogens is 738 g/mol. The SMILES string of the molecule is CCOC(=O)CC(C(=O)Oc1c(C(F)(F)F)cc(C(F)(F)F)cc1C(F)(F)F)C(=O)Oc1c(C(F)(F)F)cc(C(F)(F)F)cc1C(F)(F)F. The molecule has 6 nitrogen and oxygen atoms in total. The normalized spacial score (nSPS) is 13.4. The maximum absolute atomic E-state index is 13.6. The van der Waals surface area contributed by atoms with E-state index < -0.39 is 143 Å². The lowest BCUT2D eigenvalue weighted by Crippen LogP contribution is -2.35. The summed E-state index contributed by atoms with van der Waals surface area (Å²) in [5.41, 5.74) is -17.2. The van der Waals surface area contributed by atoms with Gasteiger partial charge in [0.15, 0.2) is 17.4 Å². The smallest absolute Gasteiger partial charge is 0.420 e. The number of ether oxygens (including phenoxy) is 3. The highest BCUT2D eigenvalue weighted by Crippen LogP contribution is 2.49. The Morgan fingerprint density at radius 3 is 0.980 bits per heavy atom. The van der Waals surface area contributed by atoms with Gasteiger partial charge in [-0.05, 0) is 31.2 Å². The summed E-state index contributed by atoms with van der Waals surface area (Å²) >= 11 is 0. The number of rotatable bonds is 7. The van der Waals surface area contributed by atoms with Gasteiger partial charge in [-0.1, -0.05) is 0 Å². The second kappa shape index (κ2) is 13.5. The molecule has 0 aliphatic heterocycles. The van der Waals surface area contributed by atoms with Crippen LogP contribution in [0.2, 0.25) is 0 Å². The average Bonchev–Trinajstić information content (AvgIpc) is 2.88. The first kappa shape index (κ1) is 40.8. The van der Waals surface area contributed by atoms with Gasteiger partial charge in [-0.25, -0.2) is 0 Å². The Bertz CT molecular complexity index is 1400. The first-order valence-electron chi connectivity index (χ1n) is 12.2. The number of hydrogen-bond donors (Lipinski definition) is 0. The summed E-state index contributed by atoms with van der Waals surface area (Å²) in [4.78, 5) is 37.6. The molecule has 2 aromatic carbocycles. The van der Waals surface area contributed by atoms with E-state index in [1.54, 1.807) is 0 Å². The fourth-order valence-electron chi connectivity index (χ4n) is 3.64. The lowest BCUT2D eigenvalue weighted by molar-refractivity contribution is -0.161. The van der Waals surface area contributed by atoms with Crippen molar-refractivity contribution in [3.8, 4) is 11.5 Å². The van der Waals surface area contributed by atoms with E-state index >= 15 is 0 Å². The van der Waals surface area contributed by atoms with Crippen LogP contribution in [0.5, 0.6) is 11.5 Å². The zero-order valence-corrected chi connectivity index (χ0v) is 23.1. The first-order valence-corrected chi connectivity index (χ1v) is 12.2. The van der Waals surface area contributed by atoms with Crippen LogP contribution in [0.1, 0.15) is 46.7 Å². The molecule has 0 saturated carbocycles. The van der Waals surface area contributed by atoms with E-state index in [9.17, 15) is 93.4 Å². The van der Waals surface area contributed by atoms with Crippen LogP contribution in [-0.4, -0.2) is 24.5 Å². The average molecular weight is 750 g/mol. The van der Waals surface area contributed by atoms with Crippen molar-refractivity contribution in [1.82, 2.24) is 0 Å². The monoisotopic (exact) mass is 750 g/mol. The number of carbonyl (C=O) groups excluding carboxylic acids is 3. The molecule has 0 heterocycles. The first-order chi connectivity index (χ1) is 21.8. The van der Waals surface area contributed by atoms with Crippen molar-refractivity contribution in [1.29, 1.82) is 0 Å². The van der Waals surface area contributed by atoms with Gasteiger partial charge in [0, 0.05) is 0 Å². The van der Waals surface area contributed by atoms with E-state index in [2.05, 4.69) is 14.2 Å². The van der Waals surface area contributed by atoms with Crippen molar-refractivity contribution in [2.24, 2.45) is 5.92 Å². The second-order valence-electron chi connectivity index (χ2n) is 9.19. The molecular formula is C25H12F18O6. The number of alkyl halides is 18. The number of benzene rings is 2. The minimum Gasteiger partial charge on any atom is -0.466 e. The molecule has 0 N–H and O–H groups in total. The second-order valence-corrected chi connectivity index (χ2v) is 9.19. The van der Waals surface area contributed by atoms with Crippen LogP contribution in [-0.2, 0) is 56.2 Å². The van der Waals surface area contributed by atoms with E-state index in [0.717, 1.165) is 6.92 Å². The van der Waals surface area contributed by atoms with Gasteiger partial charge in [-0.3, -0.25) is 14.4 Å². The fraction of sp³-hybridized carbons (Fsp3) is 0.400. The van der Waals surface area contributed by atoms with Gasteiger partial charge in [0.05, 0.1) is 46.4 Å². The van der Waals surface area contributed by atoms with Crippen LogP contribution in [0.4, 0.5) is 79.0 Å². The molecule has 0 amide bonds. The van der Waals surface area contributed by atoms with Crippen molar-refractivity contribution >= 4 is 17.9 Å². The zero-order chi connectivity index (χ0) is 38.3. The molecule has 0 radical (unpaired) electrons. The van der Waals surface area contributed by atoms with E-state index in [1.165, 1.54) is 0 Å². The Morgan fingerprint density at radius 2 is 0.776 bits per heavy atom. The van der Waals surface area contributed by atoms with Gasteiger partial charge in [-0.15, -0.1) is 0 Å². The quantitative estimate of drug-likeness (QED) is 0.122. The number of carbonyl (C=O) groups is 3. The summed E-state index contributed by atoms with van der Waals surface area (Å²) in [7, 11) is 0. The summed E-state index contributed by atoms with van der Waals surface area (Å²) in [5, 5.41) is 0. The molecule has 2 rings (SSSR count). The third-order valence-corrected chi connectivity index (χ3v) is 5.70. The zero-order valence-electron chi connectivity index (χ0n) is 23.1. The van der Waals surface area contributed by atoms with Gasteiger partial charge in [0.1, 0.15) is 0 Å². The van der Waals surface area contributed by atoms with Crippen LogP contribution >= 0.6 is 0 Å². The highest BCUT2D eigenvalue weighted by Gasteiger charge is 2.49. The molecule has 0 spiro atoms. The molecule has 0 aliphatic carbocycles. The molecule has 0 unspecified atom stereocenters. The third-order valence-electron chi connectivity index (χ3n) is 5.70. The van der Waals surface area contributed by atoms with Crippen LogP contribution in [0.25, 0.3) is 0 Å². The molecule has 0 saturated heterocycles. The fourth-order valence-corrected chi connectivity index (χ4v) is 3.64. The predicted molar refractivity (Wildman–Crippen MR) is 119 cm³/mol. The molecule has 0 fully saturated rings. The Labute approximate surface area is 258 Å². The molecule has 274 valence electrons. The summed E-state index contributed by atoms with van der Waals surface area (Å²) in [6.45, 7) is 0.310. The number of halogens is 18. The van der Waals surface area contributed by atoms with E-state index in [0.29, 0.717) is 0 Å². The van der Waals surface area contributed by atoms with Crippen molar-refractivity contribution in [2.75, 3.05) is 6.61 Å². The van der Waals surface area contributed by atoms with Crippen molar-refractivity contribution in [3.63, 3.8) is 0 Å². The van der Waals surface area contributed by atoms with Gasteiger partial charge in [0.25, 0.3) is 0 Å². The summed E-state index contributed by atoms with van der Waals surface area (Å²) in [6, 6.07) is -3.98. The lowest BCUT2D eigenvalue weighted by atomic mass is 10.0. The lowest BCUT2D eigenvalue weighted by Gasteiger charge is -2.23. The molecule has 49 heavy (non-hydrogen) atoms. The summed E-state index contributed by atoms with van der Waals surface area (Å²) in [6.07, 6.45) is -38.8. The van der Waals surface area contributed by atoms with E-state index in [-0.39, 0.29) is 0 Å². The summed E-state index contributed by atoms with van der Waals surface area (Å²) < 4.78 is 254. The van der Waals surface area contributed by atoms with E-state index in [1.807, 2.05) is 0 Å². The number of esters is 3. The molecule has 0 aliphatic rings. The molecule has 2 aromatic rings. The van der Waals surface area contributed by atoms with Gasteiger partial charge >= 0.3 is 55.0 Å². The summed E-state index contributed by atoms with van der Waals surface area (Å²) in [5.74, 6) is -16.7. The van der Waals surface area contributed by atoms with Crippen LogP contribution in [0, 0.1) is 5.92 Å². The van der Waals surface area contributed by atoms with Crippen LogP contribution in [0.15, 0.2) is 24.3 Å². The molecule has 0 aromatic heterocycles. The predicted octanol–water partition coefficient (Wildman–Crippen LogP) is 8.88. The van der Waals surface area contributed by atoms with Crippen molar-refractivity contribution < 1.29 is 108 Å². The van der Waals surface area contributed by atoms with Crippen molar-refractivity contribution in [2.45, 2.75) is 50.4 Å². The van der Waals surface area contributed by atoms with Crippen LogP contribution < -0.4 is 9.47 Å². The molecule has 0 bridgehead atoms. The Morgan fingerprint density at radius 1 is 0.510 bits per heavy atom. The van der Waals surface area contributed by atoms with Gasteiger partial charge in [-0.2, -0.15) is 79.0 Å². The minimum atomic E-state index is -6.24. The maximum atomic E-state index is 13.6. The Balaban J connectivity index is 2.86. The Hall–Kier alpha value is -4.41. The molecule has 24 heteroatoms. The van der Waals surface area contributed by atoms with Gasteiger partial charge < -0.3 is 14.2 Å². The van der Waals surface area contributed by atoms with Crippen LogP contribution in [0.3, 0.4) is 0 Å². The largest absolute Gasteiger partial charge is 0.466 e.